The summed E-state index contributed by atoms with van der Waals surface area (Å²) < 4.78 is 1.06. The van der Waals surface area contributed by atoms with Crippen LogP contribution in [0.4, 0.5) is 5.69 Å². The highest BCUT2D eigenvalue weighted by Gasteiger charge is 2.21. The van der Waals surface area contributed by atoms with Crippen molar-refractivity contribution in [1.29, 1.82) is 0 Å². The fraction of sp³-hybridized carbons (Fsp3) is 0.263. The summed E-state index contributed by atoms with van der Waals surface area (Å²) in [6, 6.07) is 15.0. The van der Waals surface area contributed by atoms with Crippen molar-refractivity contribution in [2.75, 3.05) is 37.6 Å². The maximum Gasteiger partial charge on any atom is 0.251 e. The molecule has 136 valence electrons. The SMILES string of the molecule is O=C(NCC(=O)N1CCN(c2ccc(Cl)cc2)CC1)c1ccc(I)cc1. The van der Waals surface area contributed by atoms with E-state index in [0.29, 0.717) is 23.7 Å². The Kier molecular flexibility index (Phi) is 6.37. The summed E-state index contributed by atoms with van der Waals surface area (Å²) in [6.07, 6.45) is 0. The van der Waals surface area contributed by atoms with E-state index >= 15 is 0 Å². The van der Waals surface area contributed by atoms with E-state index in [0.717, 1.165) is 22.3 Å². The van der Waals surface area contributed by atoms with Gasteiger partial charge in [-0.25, -0.2) is 0 Å². The number of nitrogens with one attached hydrogen (secondary N) is 1. The van der Waals surface area contributed by atoms with Crippen LogP contribution in [0, 0.1) is 3.57 Å². The lowest BCUT2D eigenvalue weighted by Gasteiger charge is -2.36. The highest BCUT2D eigenvalue weighted by Crippen LogP contribution is 2.19. The second kappa shape index (κ2) is 8.73. The first-order chi connectivity index (χ1) is 12.5. The van der Waals surface area contributed by atoms with Crippen molar-refractivity contribution in [3.63, 3.8) is 0 Å². The number of nitrogens with zero attached hydrogens (tertiary/aromatic N) is 2. The van der Waals surface area contributed by atoms with Gasteiger partial charge in [0.1, 0.15) is 0 Å². The molecule has 7 heteroatoms. The molecule has 0 atom stereocenters. The molecule has 0 aromatic heterocycles. The Morgan fingerprint density at radius 1 is 0.962 bits per heavy atom. The van der Waals surface area contributed by atoms with Gasteiger partial charge in [-0.3, -0.25) is 9.59 Å². The van der Waals surface area contributed by atoms with Crippen molar-refractivity contribution in [1.82, 2.24) is 10.2 Å². The minimum atomic E-state index is -0.227. The summed E-state index contributed by atoms with van der Waals surface area (Å²) in [7, 11) is 0. The number of anilines is 1. The van der Waals surface area contributed by atoms with Crippen LogP contribution in [0.3, 0.4) is 0 Å². The minimum absolute atomic E-state index is 0.0196. The van der Waals surface area contributed by atoms with E-state index in [2.05, 4.69) is 32.8 Å². The molecule has 0 radical (unpaired) electrons. The minimum Gasteiger partial charge on any atom is -0.368 e. The normalized spacial score (nSPS) is 14.2. The molecule has 26 heavy (non-hydrogen) atoms. The van der Waals surface area contributed by atoms with Crippen LogP contribution in [-0.4, -0.2) is 49.4 Å². The second-order valence-electron chi connectivity index (χ2n) is 6.03. The molecule has 0 bridgehead atoms. The Hall–Kier alpha value is -1.80. The van der Waals surface area contributed by atoms with Crippen LogP contribution in [0.25, 0.3) is 0 Å². The molecular weight excluding hydrogens is 465 g/mol. The van der Waals surface area contributed by atoms with Gasteiger partial charge in [0, 0.05) is 46.0 Å². The van der Waals surface area contributed by atoms with Crippen LogP contribution >= 0.6 is 34.2 Å². The molecule has 5 nitrogen and oxygen atoms in total. The standard InChI is InChI=1S/C19H19ClIN3O2/c20-15-3-7-17(8-4-15)23-9-11-24(12-10-23)18(25)13-22-19(26)14-1-5-16(21)6-2-14/h1-8H,9-13H2,(H,22,26). The van der Waals surface area contributed by atoms with Crippen LogP contribution in [0.1, 0.15) is 10.4 Å². The molecule has 2 aromatic carbocycles. The van der Waals surface area contributed by atoms with Gasteiger partial charge in [-0.2, -0.15) is 0 Å². The number of hydrogen-bond donors (Lipinski definition) is 1. The highest BCUT2D eigenvalue weighted by molar-refractivity contribution is 14.1. The number of piperazine rings is 1. The van der Waals surface area contributed by atoms with Crippen LogP contribution in [0.2, 0.25) is 5.02 Å². The van der Waals surface area contributed by atoms with Crippen LogP contribution in [-0.2, 0) is 4.79 Å². The molecule has 0 saturated carbocycles. The molecule has 3 rings (SSSR count). The fourth-order valence-electron chi connectivity index (χ4n) is 2.84. The maximum absolute atomic E-state index is 12.3. The molecule has 1 aliphatic heterocycles. The fourth-order valence-corrected chi connectivity index (χ4v) is 3.32. The Labute approximate surface area is 171 Å². The topological polar surface area (TPSA) is 52.7 Å². The van der Waals surface area contributed by atoms with Gasteiger partial charge in [0.05, 0.1) is 6.54 Å². The molecule has 2 amide bonds. The van der Waals surface area contributed by atoms with Gasteiger partial charge in [-0.05, 0) is 71.1 Å². The average molecular weight is 484 g/mol. The molecule has 2 aromatic rings. The van der Waals surface area contributed by atoms with Gasteiger partial charge < -0.3 is 15.1 Å². The summed E-state index contributed by atoms with van der Waals surface area (Å²) in [5, 5.41) is 3.42. The maximum atomic E-state index is 12.3. The van der Waals surface area contributed by atoms with Gasteiger partial charge in [0.2, 0.25) is 5.91 Å². The zero-order valence-corrected chi connectivity index (χ0v) is 17.0. The molecule has 1 fully saturated rings. The summed E-state index contributed by atoms with van der Waals surface area (Å²) in [5.74, 6) is -0.283. The predicted molar refractivity (Wildman–Crippen MR) is 112 cm³/mol. The van der Waals surface area contributed by atoms with Crippen molar-refractivity contribution in [2.45, 2.75) is 0 Å². The third kappa shape index (κ3) is 4.88. The van der Waals surface area contributed by atoms with Crippen LogP contribution in [0.15, 0.2) is 48.5 Å². The van der Waals surface area contributed by atoms with E-state index in [4.69, 9.17) is 11.6 Å². The summed E-state index contributed by atoms with van der Waals surface area (Å²) in [6.45, 7) is 2.82. The summed E-state index contributed by atoms with van der Waals surface area (Å²) in [5.41, 5.74) is 1.67. The highest BCUT2D eigenvalue weighted by atomic mass is 127. The van der Waals surface area contributed by atoms with Crippen molar-refractivity contribution in [2.24, 2.45) is 0 Å². The molecule has 0 aliphatic carbocycles. The van der Waals surface area contributed by atoms with E-state index < -0.39 is 0 Å². The molecule has 1 heterocycles. The van der Waals surface area contributed by atoms with E-state index in [1.807, 2.05) is 36.4 Å². The Bertz CT molecular complexity index is 772. The van der Waals surface area contributed by atoms with Crippen molar-refractivity contribution >= 4 is 51.7 Å². The Morgan fingerprint density at radius 2 is 1.58 bits per heavy atom. The number of hydrogen-bond acceptors (Lipinski definition) is 3. The monoisotopic (exact) mass is 483 g/mol. The smallest absolute Gasteiger partial charge is 0.251 e. The third-order valence-corrected chi connectivity index (χ3v) is 5.30. The number of rotatable bonds is 4. The zero-order valence-electron chi connectivity index (χ0n) is 14.1. The number of benzene rings is 2. The van der Waals surface area contributed by atoms with E-state index in [1.165, 1.54) is 0 Å². The van der Waals surface area contributed by atoms with Gasteiger partial charge >= 0.3 is 0 Å². The van der Waals surface area contributed by atoms with Crippen molar-refractivity contribution in [3.8, 4) is 0 Å². The number of carbonyl (C=O) groups is 2. The van der Waals surface area contributed by atoms with Gasteiger partial charge in [-0.15, -0.1) is 0 Å². The number of carbonyl (C=O) groups excluding carboxylic acids is 2. The largest absolute Gasteiger partial charge is 0.368 e. The van der Waals surface area contributed by atoms with Crippen molar-refractivity contribution in [3.05, 3.63) is 62.7 Å². The van der Waals surface area contributed by atoms with E-state index in [1.54, 1.807) is 17.0 Å². The molecular formula is C19H19ClIN3O2. The number of amides is 2. The molecule has 1 aliphatic rings. The molecule has 0 spiro atoms. The van der Waals surface area contributed by atoms with Gasteiger partial charge in [0.15, 0.2) is 0 Å². The first kappa shape index (κ1) is 19.0. The van der Waals surface area contributed by atoms with Gasteiger partial charge in [-0.1, -0.05) is 11.6 Å². The second-order valence-corrected chi connectivity index (χ2v) is 7.72. The lowest BCUT2D eigenvalue weighted by molar-refractivity contribution is -0.130. The Balaban J connectivity index is 1.47. The lowest BCUT2D eigenvalue weighted by Crippen LogP contribution is -2.51. The first-order valence-corrected chi connectivity index (χ1v) is 9.80. The van der Waals surface area contributed by atoms with Gasteiger partial charge in [0.25, 0.3) is 5.91 Å². The quantitative estimate of drug-likeness (QED) is 0.680. The van der Waals surface area contributed by atoms with Crippen LogP contribution < -0.4 is 10.2 Å². The predicted octanol–water partition coefficient (Wildman–Crippen LogP) is 3.02. The van der Waals surface area contributed by atoms with E-state index in [-0.39, 0.29) is 18.4 Å². The number of halogens is 2. The Morgan fingerprint density at radius 3 is 2.19 bits per heavy atom. The first-order valence-electron chi connectivity index (χ1n) is 8.35. The summed E-state index contributed by atoms with van der Waals surface area (Å²) >= 11 is 8.11. The molecule has 0 unspecified atom stereocenters. The van der Waals surface area contributed by atoms with E-state index in [9.17, 15) is 9.59 Å². The zero-order chi connectivity index (χ0) is 18.5. The average Bonchev–Trinajstić information content (AvgIpc) is 2.67. The third-order valence-electron chi connectivity index (χ3n) is 4.33. The summed E-state index contributed by atoms with van der Waals surface area (Å²) in [4.78, 5) is 28.5. The van der Waals surface area contributed by atoms with Crippen LogP contribution in [0.5, 0.6) is 0 Å². The molecule has 1 saturated heterocycles. The lowest BCUT2D eigenvalue weighted by atomic mass is 10.2. The molecule has 1 N–H and O–H groups in total. The van der Waals surface area contributed by atoms with Crippen molar-refractivity contribution < 1.29 is 9.59 Å².